The van der Waals surface area contributed by atoms with E-state index in [4.69, 9.17) is 4.99 Å². The van der Waals surface area contributed by atoms with Crippen molar-refractivity contribution in [3.05, 3.63) is 35.5 Å². The molecule has 3 rings (SSSR count). The molecule has 8 heteroatoms. The summed E-state index contributed by atoms with van der Waals surface area (Å²) in [4.78, 5) is 9.64. The Morgan fingerprint density at radius 3 is 2.72 bits per heavy atom. The number of aryl methyl sites for hydroxylation is 1. The monoisotopic (exact) mass is 474 g/mol. The fourth-order valence-corrected chi connectivity index (χ4v) is 3.69. The lowest BCUT2D eigenvalue weighted by molar-refractivity contribution is 0.373. The van der Waals surface area contributed by atoms with Crippen molar-refractivity contribution >= 4 is 46.3 Å². The van der Waals surface area contributed by atoms with Crippen LogP contribution in [-0.4, -0.2) is 59.9 Å². The highest BCUT2D eigenvalue weighted by Gasteiger charge is 2.20. The summed E-state index contributed by atoms with van der Waals surface area (Å²) >= 11 is 1.82. The van der Waals surface area contributed by atoms with E-state index >= 15 is 0 Å². The van der Waals surface area contributed by atoms with Gasteiger partial charge in [0.1, 0.15) is 0 Å². The van der Waals surface area contributed by atoms with Crippen LogP contribution in [0.4, 0.5) is 5.00 Å². The van der Waals surface area contributed by atoms with Crippen LogP contribution in [0.3, 0.4) is 0 Å². The first kappa shape index (κ1) is 20.0. The Morgan fingerprint density at radius 2 is 2.12 bits per heavy atom. The molecule has 0 saturated carbocycles. The van der Waals surface area contributed by atoms with Crippen molar-refractivity contribution in [1.29, 1.82) is 0 Å². The SMILES string of the molecule is CCNC(=NCCc1cnn(C)c1)N1CCN(c2cccs2)CC1.I. The molecule has 1 aliphatic heterocycles. The fourth-order valence-electron chi connectivity index (χ4n) is 2.91. The van der Waals surface area contributed by atoms with Gasteiger partial charge in [-0.05, 0) is 36.4 Å². The zero-order valence-electron chi connectivity index (χ0n) is 14.9. The predicted octanol–water partition coefficient (Wildman–Crippen LogP) is 2.43. The van der Waals surface area contributed by atoms with E-state index in [0.717, 1.165) is 51.6 Å². The van der Waals surface area contributed by atoms with Crippen LogP contribution in [-0.2, 0) is 13.5 Å². The van der Waals surface area contributed by atoms with E-state index in [2.05, 4.69) is 50.8 Å². The maximum absolute atomic E-state index is 4.81. The summed E-state index contributed by atoms with van der Waals surface area (Å²) in [7, 11) is 1.95. The topological polar surface area (TPSA) is 48.7 Å². The van der Waals surface area contributed by atoms with Gasteiger partial charge in [-0.2, -0.15) is 5.10 Å². The van der Waals surface area contributed by atoms with E-state index in [1.807, 2.05) is 29.3 Å². The van der Waals surface area contributed by atoms with Crippen molar-refractivity contribution < 1.29 is 0 Å². The molecular formula is C17H27IN6S. The zero-order valence-corrected chi connectivity index (χ0v) is 18.0. The van der Waals surface area contributed by atoms with Gasteiger partial charge in [0.2, 0.25) is 0 Å². The number of nitrogens with one attached hydrogen (secondary N) is 1. The Hall–Kier alpha value is -1.29. The molecule has 2 aromatic rings. The Balaban J connectivity index is 0.00000225. The van der Waals surface area contributed by atoms with Crippen molar-refractivity contribution in [2.75, 3.05) is 44.2 Å². The molecule has 138 valence electrons. The van der Waals surface area contributed by atoms with Gasteiger partial charge in [0.05, 0.1) is 11.2 Å². The first-order valence-corrected chi connectivity index (χ1v) is 9.43. The smallest absolute Gasteiger partial charge is 0.194 e. The van der Waals surface area contributed by atoms with Crippen molar-refractivity contribution in [1.82, 2.24) is 20.0 Å². The molecule has 1 aliphatic rings. The molecule has 0 aliphatic carbocycles. The largest absolute Gasteiger partial charge is 0.360 e. The van der Waals surface area contributed by atoms with Crippen LogP contribution in [0.1, 0.15) is 12.5 Å². The van der Waals surface area contributed by atoms with Gasteiger partial charge in [-0.1, -0.05) is 0 Å². The Kier molecular flexibility index (Phi) is 8.01. The van der Waals surface area contributed by atoms with E-state index in [0.29, 0.717) is 0 Å². The second kappa shape index (κ2) is 10.0. The van der Waals surface area contributed by atoms with Gasteiger partial charge < -0.3 is 15.1 Å². The second-order valence-electron chi connectivity index (χ2n) is 5.93. The molecule has 0 aromatic carbocycles. The summed E-state index contributed by atoms with van der Waals surface area (Å²) < 4.78 is 1.84. The Labute approximate surface area is 170 Å². The highest BCUT2D eigenvalue weighted by molar-refractivity contribution is 14.0. The average molecular weight is 474 g/mol. The Morgan fingerprint density at radius 1 is 1.32 bits per heavy atom. The normalized spacial score (nSPS) is 15.2. The van der Waals surface area contributed by atoms with Crippen LogP contribution < -0.4 is 10.2 Å². The fraction of sp³-hybridized carbons (Fsp3) is 0.529. The number of piperazine rings is 1. The standard InChI is InChI=1S/C17H26N6S.HI/c1-3-18-17(19-7-6-15-13-20-21(2)14-15)23-10-8-22(9-11-23)16-5-4-12-24-16;/h4-5,12-14H,3,6-11H2,1-2H3,(H,18,19);1H. The van der Waals surface area contributed by atoms with Crippen molar-refractivity contribution in [3.8, 4) is 0 Å². The van der Waals surface area contributed by atoms with E-state index in [9.17, 15) is 0 Å². The number of rotatable bonds is 5. The number of aliphatic imine (C=N–C) groups is 1. The summed E-state index contributed by atoms with van der Waals surface area (Å²) in [6.45, 7) is 7.93. The third-order valence-electron chi connectivity index (χ3n) is 4.15. The lowest BCUT2D eigenvalue weighted by Crippen LogP contribution is -2.52. The molecule has 1 saturated heterocycles. The Bertz CT molecular complexity index is 646. The van der Waals surface area contributed by atoms with E-state index < -0.39 is 0 Å². The molecule has 3 heterocycles. The molecule has 0 radical (unpaired) electrons. The lowest BCUT2D eigenvalue weighted by atomic mass is 10.2. The number of hydrogen-bond donors (Lipinski definition) is 1. The molecule has 0 bridgehead atoms. The van der Waals surface area contributed by atoms with Gasteiger partial charge in [-0.3, -0.25) is 9.67 Å². The molecule has 0 atom stereocenters. The van der Waals surface area contributed by atoms with Gasteiger partial charge in [-0.15, -0.1) is 35.3 Å². The maximum Gasteiger partial charge on any atom is 0.194 e. The maximum atomic E-state index is 4.81. The predicted molar refractivity (Wildman–Crippen MR) is 116 cm³/mol. The first-order chi connectivity index (χ1) is 11.8. The van der Waals surface area contributed by atoms with E-state index in [-0.39, 0.29) is 24.0 Å². The first-order valence-electron chi connectivity index (χ1n) is 8.55. The second-order valence-corrected chi connectivity index (χ2v) is 6.86. The third-order valence-corrected chi connectivity index (χ3v) is 5.08. The van der Waals surface area contributed by atoms with Crippen LogP contribution in [0.2, 0.25) is 0 Å². The molecule has 25 heavy (non-hydrogen) atoms. The number of thiophene rings is 1. The van der Waals surface area contributed by atoms with Gasteiger partial charge >= 0.3 is 0 Å². The number of guanidine groups is 1. The van der Waals surface area contributed by atoms with Crippen molar-refractivity contribution in [2.24, 2.45) is 12.0 Å². The van der Waals surface area contributed by atoms with Crippen LogP contribution >= 0.6 is 35.3 Å². The highest BCUT2D eigenvalue weighted by Crippen LogP contribution is 2.22. The average Bonchev–Trinajstić information content (AvgIpc) is 3.26. The van der Waals surface area contributed by atoms with Crippen LogP contribution in [0.25, 0.3) is 0 Å². The van der Waals surface area contributed by atoms with Gasteiger partial charge in [0, 0.05) is 52.5 Å². The molecule has 0 unspecified atom stereocenters. The van der Waals surface area contributed by atoms with Gasteiger partial charge in [0.15, 0.2) is 5.96 Å². The van der Waals surface area contributed by atoms with Crippen molar-refractivity contribution in [3.63, 3.8) is 0 Å². The number of aromatic nitrogens is 2. The molecule has 0 amide bonds. The number of hydrogen-bond acceptors (Lipinski definition) is 4. The molecular weight excluding hydrogens is 447 g/mol. The number of nitrogens with zero attached hydrogens (tertiary/aromatic N) is 5. The minimum atomic E-state index is 0. The summed E-state index contributed by atoms with van der Waals surface area (Å²) in [5.74, 6) is 1.03. The summed E-state index contributed by atoms with van der Waals surface area (Å²) in [6, 6.07) is 4.32. The highest BCUT2D eigenvalue weighted by atomic mass is 127. The summed E-state index contributed by atoms with van der Waals surface area (Å²) in [6.07, 6.45) is 4.91. The van der Waals surface area contributed by atoms with E-state index in [1.54, 1.807) is 0 Å². The summed E-state index contributed by atoms with van der Waals surface area (Å²) in [5, 5.41) is 11.2. The lowest BCUT2D eigenvalue weighted by Gasteiger charge is -2.37. The van der Waals surface area contributed by atoms with Crippen LogP contribution in [0.15, 0.2) is 34.9 Å². The van der Waals surface area contributed by atoms with Crippen LogP contribution in [0, 0.1) is 0 Å². The van der Waals surface area contributed by atoms with Crippen LogP contribution in [0.5, 0.6) is 0 Å². The van der Waals surface area contributed by atoms with Gasteiger partial charge in [0.25, 0.3) is 0 Å². The van der Waals surface area contributed by atoms with Crippen molar-refractivity contribution in [2.45, 2.75) is 13.3 Å². The zero-order chi connectivity index (χ0) is 16.8. The molecule has 6 nitrogen and oxygen atoms in total. The third kappa shape index (κ3) is 5.60. The molecule has 1 N–H and O–H groups in total. The molecule has 2 aromatic heterocycles. The van der Waals surface area contributed by atoms with Gasteiger partial charge in [-0.25, -0.2) is 0 Å². The minimum absolute atomic E-state index is 0. The number of halogens is 1. The minimum Gasteiger partial charge on any atom is -0.360 e. The summed E-state index contributed by atoms with van der Waals surface area (Å²) in [5.41, 5.74) is 1.24. The number of anilines is 1. The molecule has 1 fully saturated rings. The quantitative estimate of drug-likeness (QED) is 0.411. The molecule has 0 spiro atoms. The van der Waals surface area contributed by atoms with E-state index in [1.165, 1.54) is 10.6 Å².